The molecule has 0 radical (unpaired) electrons. The minimum Gasteiger partial charge on any atom is -0.383 e. The van der Waals surface area contributed by atoms with Gasteiger partial charge in [0.2, 0.25) is 0 Å². The first-order chi connectivity index (χ1) is 8.15. The summed E-state index contributed by atoms with van der Waals surface area (Å²) in [5.41, 5.74) is 7.06. The number of hydrogen-bond acceptors (Lipinski definition) is 4. The van der Waals surface area contributed by atoms with Crippen LogP contribution in [0.2, 0.25) is 0 Å². The van der Waals surface area contributed by atoms with Crippen LogP contribution in [-0.2, 0) is 6.42 Å². The lowest BCUT2D eigenvalue weighted by atomic mass is 10.1. The van der Waals surface area contributed by atoms with E-state index in [9.17, 15) is 0 Å². The van der Waals surface area contributed by atoms with E-state index < -0.39 is 0 Å². The van der Waals surface area contributed by atoms with Gasteiger partial charge in [-0.05, 0) is 32.1 Å². The van der Waals surface area contributed by atoms with E-state index >= 15 is 0 Å². The van der Waals surface area contributed by atoms with Gasteiger partial charge in [0.25, 0.3) is 0 Å². The summed E-state index contributed by atoms with van der Waals surface area (Å²) in [5, 5.41) is 0. The van der Waals surface area contributed by atoms with Crippen molar-refractivity contribution >= 4 is 11.6 Å². The van der Waals surface area contributed by atoms with Crippen LogP contribution in [0.3, 0.4) is 0 Å². The minimum atomic E-state index is 0.542. The molecule has 0 aromatic carbocycles. The fourth-order valence-electron chi connectivity index (χ4n) is 2.30. The summed E-state index contributed by atoms with van der Waals surface area (Å²) in [6, 6.07) is 0.542. The van der Waals surface area contributed by atoms with Crippen molar-refractivity contribution in [3.05, 3.63) is 11.9 Å². The maximum absolute atomic E-state index is 5.96. The van der Waals surface area contributed by atoms with E-state index in [-0.39, 0.29) is 0 Å². The second kappa shape index (κ2) is 4.90. The summed E-state index contributed by atoms with van der Waals surface area (Å²) in [6.07, 6.45) is 6.27. The first-order valence-corrected chi connectivity index (χ1v) is 6.47. The molecule has 4 heteroatoms. The lowest BCUT2D eigenvalue weighted by Gasteiger charge is -2.28. The molecule has 1 heterocycles. The Bertz CT molecular complexity index is 387. The van der Waals surface area contributed by atoms with Gasteiger partial charge in [-0.15, -0.1) is 0 Å². The van der Waals surface area contributed by atoms with Crippen molar-refractivity contribution in [1.82, 2.24) is 9.97 Å². The number of anilines is 2. The molecule has 1 saturated carbocycles. The van der Waals surface area contributed by atoms with Crippen LogP contribution in [0.5, 0.6) is 0 Å². The zero-order valence-corrected chi connectivity index (χ0v) is 11.0. The van der Waals surface area contributed by atoms with Gasteiger partial charge in [-0.25, -0.2) is 9.97 Å². The summed E-state index contributed by atoms with van der Waals surface area (Å²) in [5.74, 6) is 2.47. The molecule has 1 atom stereocenters. The first kappa shape index (κ1) is 12.1. The van der Waals surface area contributed by atoms with E-state index in [0.717, 1.165) is 30.1 Å². The standard InChI is InChI=1S/C13H22N4/c1-4-5-11-12(14)15-8-16-13(11)17(3)9(2)10-6-7-10/h8-10H,4-7H2,1-3H3,(H2,14,15,16). The van der Waals surface area contributed by atoms with E-state index in [1.165, 1.54) is 12.8 Å². The number of nitrogen functional groups attached to an aromatic ring is 1. The Labute approximate surface area is 103 Å². The predicted octanol–water partition coefficient (Wildman–Crippen LogP) is 2.25. The Morgan fingerprint density at radius 3 is 2.76 bits per heavy atom. The number of hydrogen-bond donors (Lipinski definition) is 1. The highest BCUT2D eigenvalue weighted by Crippen LogP contribution is 2.37. The average molecular weight is 234 g/mol. The fraction of sp³-hybridized carbons (Fsp3) is 0.692. The van der Waals surface area contributed by atoms with Crippen LogP contribution in [0, 0.1) is 5.92 Å². The van der Waals surface area contributed by atoms with Crippen LogP contribution in [0.4, 0.5) is 11.6 Å². The third-order valence-electron chi connectivity index (χ3n) is 3.71. The monoisotopic (exact) mass is 234 g/mol. The molecule has 2 rings (SSSR count). The number of rotatable bonds is 5. The van der Waals surface area contributed by atoms with Crippen molar-refractivity contribution < 1.29 is 0 Å². The van der Waals surface area contributed by atoms with E-state index in [4.69, 9.17) is 5.73 Å². The zero-order chi connectivity index (χ0) is 12.4. The van der Waals surface area contributed by atoms with Crippen molar-refractivity contribution in [3.8, 4) is 0 Å². The average Bonchev–Trinajstić information content (AvgIpc) is 3.14. The number of aromatic nitrogens is 2. The molecule has 0 bridgehead atoms. The van der Waals surface area contributed by atoms with Crippen LogP contribution in [0.15, 0.2) is 6.33 Å². The van der Waals surface area contributed by atoms with Gasteiger partial charge in [0.05, 0.1) is 0 Å². The highest BCUT2D eigenvalue weighted by molar-refractivity contribution is 5.56. The molecule has 1 aliphatic rings. The lowest BCUT2D eigenvalue weighted by Crippen LogP contribution is -2.32. The van der Waals surface area contributed by atoms with Crippen LogP contribution in [0.1, 0.15) is 38.7 Å². The van der Waals surface area contributed by atoms with Crippen molar-refractivity contribution in [2.24, 2.45) is 5.92 Å². The van der Waals surface area contributed by atoms with Crippen LogP contribution >= 0.6 is 0 Å². The first-order valence-electron chi connectivity index (χ1n) is 6.47. The molecule has 17 heavy (non-hydrogen) atoms. The quantitative estimate of drug-likeness (QED) is 0.849. The summed E-state index contributed by atoms with van der Waals surface area (Å²) >= 11 is 0. The Kier molecular flexibility index (Phi) is 3.50. The lowest BCUT2D eigenvalue weighted by molar-refractivity contribution is 0.600. The van der Waals surface area contributed by atoms with Gasteiger partial charge in [-0.1, -0.05) is 13.3 Å². The molecule has 2 N–H and O–H groups in total. The Morgan fingerprint density at radius 2 is 2.18 bits per heavy atom. The van der Waals surface area contributed by atoms with E-state index in [0.29, 0.717) is 11.9 Å². The molecule has 0 saturated heterocycles. The summed E-state index contributed by atoms with van der Waals surface area (Å²) in [6.45, 7) is 4.42. The maximum atomic E-state index is 5.96. The van der Waals surface area contributed by atoms with Crippen molar-refractivity contribution in [3.63, 3.8) is 0 Å². The SMILES string of the molecule is CCCc1c(N)ncnc1N(C)C(C)C1CC1. The Balaban J connectivity index is 2.26. The molecule has 1 fully saturated rings. The van der Waals surface area contributed by atoms with Gasteiger partial charge >= 0.3 is 0 Å². The van der Waals surface area contributed by atoms with Crippen molar-refractivity contribution in [1.29, 1.82) is 0 Å². The van der Waals surface area contributed by atoms with E-state index in [1.807, 2.05) is 0 Å². The zero-order valence-electron chi connectivity index (χ0n) is 11.0. The highest BCUT2D eigenvalue weighted by atomic mass is 15.2. The van der Waals surface area contributed by atoms with Crippen LogP contribution < -0.4 is 10.6 Å². The molecule has 0 spiro atoms. The second-order valence-corrected chi connectivity index (χ2v) is 5.00. The van der Waals surface area contributed by atoms with Crippen LogP contribution in [-0.4, -0.2) is 23.1 Å². The summed E-state index contributed by atoms with van der Waals surface area (Å²) in [7, 11) is 2.12. The molecule has 0 aliphatic heterocycles. The van der Waals surface area contributed by atoms with Crippen molar-refractivity contribution in [2.75, 3.05) is 17.7 Å². The van der Waals surface area contributed by atoms with Gasteiger partial charge < -0.3 is 10.6 Å². The van der Waals surface area contributed by atoms with Crippen LogP contribution in [0.25, 0.3) is 0 Å². The third kappa shape index (κ3) is 2.51. The van der Waals surface area contributed by atoms with E-state index in [1.54, 1.807) is 6.33 Å². The predicted molar refractivity (Wildman–Crippen MR) is 71.0 cm³/mol. The molecular weight excluding hydrogens is 212 g/mol. The maximum Gasteiger partial charge on any atom is 0.137 e. The molecule has 94 valence electrons. The van der Waals surface area contributed by atoms with Gasteiger partial charge in [0.1, 0.15) is 18.0 Å². The summed E-state index contributed by atoms with van der Waals surface area (Å²) in [4.78, 5) is 10.8. The largest absolute Gasteiger partial charge is 0.383 e. The normalized spacial score (nSPS) is 16.9. The molecule has 1 aromatic rings. The van der Waals surface area contributed by atoms with E-state index in [2.05, 4.69) is 35.8 Å². The molecule has 1 aliphatic carbocycles. The third-order valence-corrected chi connectivity index (χ3v) is 3.71. The topological polar surface area (TPSA) is 55.0 Å². The van der Waals surface area contributed by atoms with Gasteiger partial charge in [0, 0.05) is 18.7 Å². The van der Waals surface area contributed by atoms with Gasteiger partial charge in [-0.3, -0.25) is 0 Å². The van der Waals surface area contributed by atoms with Crippen molar-refractivity contribution in [2.45, 2.75) is 45.6 Å². The Hall–Kier alpha value is -1.32. The molecular formula is C13H22N4. The highest BCUT2D eigenvalue weighted by Gasteiger charge is 2.31. The smallest absolute Gasteiger partial charge is 0.137 e. The summed E-state index contributed by atoms with van der Waals surface area (Å²) < 4.78 is 0. The fourth-order valence-corrected chi connectivity index (χ4v) is 2.30. The molecule has 4 nitrogen and oxygen atoms in total. The van der Waals surface area contributed by atoms with Gasteiger partial charge in [-0.2, -0.15) is 0 Å². The number of nitrogens with zero attached hydrogens (tertiary/aromatic N) is 3. The number of nitrogens with two attached hydrogens (primary N) is 1. The molecule has 0 amide bonds. The molecule has 1 aromatic heterocycles. The molecule has 1 unspecified atom stereocenters. The minimum absolute atomic E-state index is 0.542. The Morgan fingerprint density at radius 1 is 1.47 bits per heavy atom. The second-order valence-electron chi connectivity index (χ2n) is 5.00. The van der Waals surface area contributed by atoms with Gasteiger partial charge in [0.15, 0.2) is 0 Å².